The summed E-state index contributed by atoms with van der Waals surface area (Å²) >= 11 is 0. The summed E-state index contributed by atoms with van der Waals surface area (Å²) < 4.78 is 13.1. The Morgan fingerprint density at radius 2 is 1.62 bits per heavy atom. The van der Waals surface area contributed by atoms with Crippen molar-refractivity contribution in [3.63, 3.8) is 0 Å². The van der Waals surface area contributed by atoms with Crippen molar-refractivity contribution in [3.05, 3.63) is 13.2 Å². The standard InChI is InChI=1S/C2H4.CH5O4P/c1-2;1-5-6(2,3)4/h1-2H2;1H3,(H2,2,3,4). The fourth-order valence-corrected chi connectivity index (χ4v) is 0. The van der Waals surface area contributed by atoms with E-state index in [1.807, 2.05) is 0 Å². The van der Waals surface area contributed by atoms with Gasteiger partial charge in [0.05, 0.1) is 0 Å². The van der Waals surface area contributed by atoms with Gasteiger partial charge in [-0.25, -0.2) is 4.57 Å². The molecule has 0 amide bonds. The molecule has 0 aliphatic carbocycles. The highest BCUT2D eigenvalue weighted by Gasteiger charge is 2.07. The van der Waals surface area contributed by atoms with Gasteiger partial charge in [0, 0.05) is 7.11 Å². The first-order chi connectivity index (χ1) is 3.56. The van der Waals surface area contributed by atoms with E-state index in [0.29, 0.717) is 0 Å². The molecule has 4 nitrogen and oxygen atoms in total. The Balaban J connectivity index is 0. The van der Waals surface area contributed by atoms with E-state index in [-0.39, 0.29) is 0 Å². The zero-order valence-electron chi connectivity index (χ0n) is 4.57. The summed E-state index contributed by atoms with van der Waals surface area (Å²) in [5.41, 5.74) is 0. The largest absolute Gasteiger partial charge is 0.469 e. The number of rotatable bonds is 1. The van der Waals surface area contributed by atoms with Gasteiger partial charge in [0.2, 0.25) is 0 Å². The van der Waals surface area contributed by atoms with Crippen LogP contribution in [0, 0.1) is 0 Å². The van der Waals surface area contributed by atoms with Crippen LogP contribution in [0.1, 0.15) is 0 Å². The lowest BCUT2D eigenvalue weighted by atomic mass is 11.3. The molecule has 0 aliphatic heterocycles. The molecular weight excluding hydrogens is 131 g/mol. The second kappa shape index (κ2) is 5.00. The van der Waals surface area contributed by atoms with Gasteiger partial charge in [-0.3, -0.25) is 4.52 Å². The minimum absolute atomic E-state index is 0.945. The molecule has 2 N–H and O–H groups in total. The third-order valence-electron chi connectivity index (χ3n) is 0.238. The first kappa shape index (κ1) is 10.8. The molecule has 0 fully saturated rings. The van der Waals surface area contributed by atoms with Crippen molar-refractivity contribution >= 4 is 7.82 Å². The Kier molecular flexibility index (Phi) is 6.72. The van der Waals surface area contributed by atoms with Gasteiger partial charge in [-0.2, -0.15) is 0 Å². The van der Waals surface area contributed by atoms with Gasteiger partial charge in [-0.15, -0.1) is 13.2 Å². The third kappa shape index (κ3) is 16.9. The summed E-state index contributed by atoms with van der Waals surface area (Å²) in [5.74, 6) is 0. The molecule has 0 aromatic heterocycles. The highest BCUT2D eigenvalue weighted by molar-refractivity contribution is 7.46. The molecule has 0 aliphatic rings. The summed E-state index contributed by atoms with van der Waals surface area (Å²) in [5, 5.41) is 0. The van der Waals surface area contributed by atoms with E-state index < -0.39 is 7.82 Å². The van der Waals surface area contributed by atoms with Crippen molar-refractivity contribution in [3.8, 4) is 0 Å². The Morgan fingerprint density at radius 1 is 1.50 bits per heavy atom. The molecule has 8 heavy (non-hydrogen) atoms. The van der Waals surface area contributed by atoms with E-state index in [1.54, 1.807) is 0 Å². The van der Waals surface area contributed by atoms with Gasteiger partial charge in [0.1, 0.15) is 0 Å². The predicted molar refractivity (Wildman–Crippen MR) is 30.3 cm³/mol. The maximum Gasteiger partial charge on any atom is 0.469 e. The van der Waals surface area contributed by atoms with Crippen LogP contribution in [0.15, 0.2) is 13.2 Å². The van der Waals surface area contributed by atoms with E-state index in [9.17, 15) is 4.57 Å². The fourth-order valence-electron chi connectivity index (χ4n) is 0. The normalized spacial score (nSPS) is 9.38. The maximum atomic E-state index is 9.47. The van der Waals surface area contributed by atoms with Crippen molar-refractivity contribution in [2.45, 2.75) is 0 Å². The van der Waals surface area contributed by atoms with Crippen molar-refractivity contribution in [1.29, 1.82) is 0 Å². The van der Waals surface area contributed by atoms with E-state index in [2.05, 4.69) is 17.7 Å². The monoisotopic (exact) mass is 140 g/mol. The summed E-state index contributed by atoms with van der Waals surface area (Å²) in [6, 6.07) is 0. The quantitative estimate of drug-likeness (QED) is 0.411. The summed E-state index contributed by atoms with van der Waals surface area (Å²) in [6.07, 6.45) is 0. The first-order valence-corrected chi connectivity index (χ1v) is 3.20. The van der Waals surface area contributed by atoms with Crippen molar-refractivity contribution in [1.82, 2.24) is 0 Å². The molecule has 0 saturated carbocycles. The van der Waals surface area contributed by atoms with Crippen LogP contribution in [0.5, 0.6) is 0 Å². The summed E-state index contributed by atoms with van der Waals surface area (Å²) in [7, 11) is -3.20. The smallest absolute Gasteiger partial charge is 0.303 e. The lowest BCUT2D eigenvalue weighted by Crippen LogP contribution is -1.76. The van der Waals surface area contributed by atoms with Crippen LogP contribution < -0.4 is 0 Å². The van der Waals surface area contributed by atoms with Crippen LogP contribution in [-0.2, 0) is 9.09 Å². The molecule has 0 bridgehead atoms. The van der Waals surface area contributed by atoms with Crippen LogP contribution in [0.2, 0.25) is 0 Å². The average Bonchev–Trinajstić information content (AvgIpc) is 1.71. The number of hydrogen-bond donors (Lipinski definition) is 2. The molecular formula is C3H9O4P. The Morgan fingerprint density at radius 3 is 1.62 bits per heavy atom. The van der Waals surface area contributed by atoms with E-state index in [4.69, 9.17) is 9.79 Å². The highest BCUT2D eigenvalue weighted by Crippen LogP contribution is 2.33. The lowest BCUT2D eigenvalue weighted by molar-refractivity contribution is 0.235. The molecule has 0 radical (unpaired) electrons. The minimum Gasteiger partial charge on any atom is -0.303 e. The van der Waals surface area contributed by atoms with Gasteiger partial charge in [0.15, 0.2) is 0 Å². The second-order valence-electron chi connectivity index (χ2n) is 0.673. The second-order valence-corrected chi connectivity index (χ2v) is 2.02. The molecule has 5 heteroatoms. The van der Waals surface area contributed by atoms with Gasteiger partial charge in [0.25, 0.3) is 0 Å². The SMILES string of the molecule is C=C.COP(=O)(O)O. The molecule has 0 spiro atoms. The van der Waals surface area contributed by atoms with E-state index in [1.165, 1.54) is 0 Å². The highest BCUT2D eigenvalue weighted by atomic mass is 31.2. The lowest BCUT2D eigenvalue weighted by Gasteiger charge is -1.93. The zero-order valence-corrected chi connectivity index (χ0v) is 5.47. The number of hydrogen-bond acceptors (Lipinski definition) is 2. The van der Waals surface area contributed by atoms with E-state index in [0.717, 1.165) is 7.11 Å². The molecule has 0 aromatic rings. The molecule has 0 atom stereocenters. The van der Waals surface area contributed by atoms with Crippen LogP contribution in [0.4, 0.5) is 0 Å². The van der Waals surface area contributed by atoms with Gasteiger partial charge >= 0.3 is 7.82 Å². The summed E-state index contributed by atoms with van der Waals surface area (Å²) in [4.78, 5) is 15.4. The average molecular weight is 140 g/mol. The van der Waals surface area contributed by atoms with Crippen LogP contribution in [-0.4, -0.2) is 16.9 Å². The Labute approximate surface area is 48.0 Å². The van der Waals surface area contributed by atoms with Crippen LogP contribution >= 0.6 is 7.82 Å². The van der Waals surface area contributed by atoms with Crippen molar-refractivity contribution in [2.24, 2.45) is 0 Å². The van der Waals surface area contributed by atoms with Gasteiger partial charge < -0.3 is 9.79 Å². The maximum absolute atomic E-state index is 9.47. The molecule has 50 valence electrons. The van der Waals surface area contributed by atoms with Gasteiger partial charge in [-0.1, -0.05) is 0 Å². The minimum atomic E-state index is -4.15. The summed E-state index contributed by atoms with van der Waals surface area (Å²) in [6.45, 7) is 6.00. The van der Waals surface area contributed by atoms with Crippen molar-refractivity contribution < 1.29 is 18.9 Å². The van der Waals surface area contributed by atoms with E-state index >= 15 is 0 Å². The van der Waals surface area contributed by atoms with Gasteiger partial charge in [-0.05, 0) is 0 Å². The number of phosphoric ester groups is 1. The Hall–Kier alpha value is -0.150. The zero-order chi connectivity index (χ0) is 7.21. The van der Waals surface area contributed by atoms with Crippen LogP contribution in [0.3, 0.4) is 0 Å². The van der Waals surface area contributed by atoms with Crippen LogP contribution in [0.25, 0.3) is 0 Å². The van der Waals surface area contributed by atoms with Crippen molar-refractivity contribution in [2.75, 3.05) is 7.11 Å². The topological polar surface area (TPSA) is 66.8 Å². The third-order valence-corrected chi connectivity index (χ3v) is 0.714. The Bertz CT molecular complexity index is 85.3. The predicted octanol–water partition coefficient (Wildman–Crippen LogP) is 0.528. The molecule has 0 unspecified atom stereocenters. The first-order valence-electron chi connectivity index (χ1n) is 1.67. The number of phosphoric acid groups is 1. The molecule has 0 aromatic carbocycles. The molecule has 0 heterocycles. The fraction of sp³-hybridized carbons (Fsp3) is 0.333. The molecule has 0 rings (SSSR count). The molecule has 0 saturated heterocycles.